The molecule has 2 N–H and O–H groups in total. The smallest absolute Gasteiger partial charge is 0.263 e. The van der Waals surface area contributed by atoms with E-state index in [1.807, 2.05) is 29.2 Å². The lowest BCUT2D eigenvalue weighted by Crippen LogP contribution is -2.41. The first-order chi connectivity index (χ1) is 11.3. The molecule has 1 saturated heterocycles. The summed E-state index contributed by atoms with van der Waals surface area (Å²) >= 11 is 0. The highest BCUT2D eigenvalue weighted by Gasteiger charge is 2.15. The van der Waals surface area contributed by atoms with Crippen molar-refractivity contribution in [1.82, 2.24) is 15.5 Å². The second-order valence-electron chi connectivity index (χ2n) is 5.31. The van der Waals surface area contributed by atoms with Crippen molar-refractivity contribution in [2.75, 3.05) is 33.0 Å². The van der Waals surface area contributed by atoms with Gasteiger partial charge in [-0.05, 0) is 17.7 Å². The van der Waals surface area contributed by atoms with Gasteiger partial charge in [0.25, 0.3) is 5.91 Å². The van der Waals surface area contributed by atoms with Crippen molar-refractivity contribution >= 4 is 5.91 Å². The van der Waals surface area contributed by atoms with Gasteiger partial charge in [0.1, 0.15) is 11.6 Å². The fourth-order valence-corrected chi connectivity index (χ4v) is 2.46. The molecule has 7 heteroatoms. The summed E-state index contributed by atoms with van der Waals surface area (Å²) in [5, 5.41) is 15.2. The van der Waals surface area contributed by atoms with E-state index in [-0.39, 0.29) is 18.3 Å². The van der Waals surface area contributed by atoms with E-state index in [0.29, 0.717) is 18.0 Å². The number of fused-ring (bicyclic) bond motifs is 1. The normalized spacial score (nSPS) is 16.8. The van der Waals surface area contributed by atoms with Gasteiger partial charge in [-0.15, -0.1) is 0 Å². The van der Waals surface area contributed by atoms with Gasteiger partial charge in [0.2, 0.25) is 6.79 Å². The third-order valence-corrected chi connectivity index (χ3v) is 3.72. The number of rotatable bonds is 4. The Labute approximate surface area is 134 Å². The summed E-state index contributed by atoms with van der Waals surface area (Å²) in [6.45, 7) is 3.84. The first-order valence-corrected chi connectivity index (χ1v) is 7.49. The van der Waals surface area contributed by atoms with Crippen molar-refractivity contribution in [3.8, 4) is 17.6 Å². The van der Waals surface area contributed by atoms with Gasteiger partial charge in [0.05, 0.1) is 0 Å². The zero-order valence-electron chi connectivity index (χ0n) is 12.7. The van der Waals surface area contributed by atoms with Gasteiger partial charge in [0, 0.05) is 38.9 Å². The summed E-state index contributed by atoms with van der Waals surface area (Å²) in [5.74, 6) is 1.01. The maximum atomic E-state index is 12.2. The molecule has 0 bridgehead atoms. The van der Waals surface area contributed by atoms with Crippen molar-refractivity contribution in [3.05, 3.63) is 35.5 Å². The lowest BCUT2D eigenvalue weighted by Gasteiger charge is -2.26. The van der Waals surface area contributed by atoms with Gasteiger partial charge in [0.15, 0.2) is 11.5 Å². The van der Waals surface area contributed by atoms with Crippen LogP contribution in [0.3, 0.4) is 0 Å². The highest BCUT2D eigenvalue weighted by atomic mass is 16.7. The van der Waals surface area contributed by atoms with Crippen LogP contribution in [-0.4, -0.2) is 43.8 Å². The summed E-state index contributed by atoms with van der Waals surface area (Å²) in [6.07, 6.45) is 1.63. The average molecular weight is 314 g/mol. The number of hydrogen-bond acceptors (Lipinski definition) is 6. The molecule has 0 saturated carbocycles. The highest BCUT2D eigenvalue weighted by Crippen LogP contribution is 2.32. The van der Waals surface area contributed by atoms with Crippen molar-refractivity contribution in [2.45, 2.75) is 6.54 Å². The molecule has 0 aromatic heterocycles. The molecule has 1 fully saturated rings. The Kier molecular flexibility index (Phi) is 4.64. The third kappa shape index (κ3) is 3.73. The average Bonchev–Trinajstić information content (AvgIpc) is 3.06. The van der Waals surface area contributed by atoms with E-state index in [9.17, 15) is 10.1 Å². The summed E-state index contributed by atoms with van der Waals surface area (Å²) in [5.41, 5.74) is 1.01. The molecule has 2 heterocycles. The molecule has 1 amide bonds. The second-order valence-corrected chi connectivity index (χ2v) is 5.31. The molecule has 0 unspecified atom stereocenters. The molecule has 0 spiro atoms. The SMILES string of the molecule is N#C/C(=C/N1CCNCC1)C(=O)NCc1ccc2c(c1)OCO2. The summed E-state index contributed by atoms with van der Waals surface area (Å²) in [4.78, 5) is 14.1. The van der Waals surface area contributed by atoms with E-state index in [1.54, 1.807) is 6.20 Å². The van der Waals surface area contributed by atoms with Crippen LogP contribution >= 0.6 is 0 Å². The van der Waals surface area contributed by atoms with E-state index in [0.717, 1.165) is 31.7 Å². The molecule has 1 aromatic rings. The number of nitrogens with one attached hydrogen (secondary N) is 2. The number of amides is 1. The molecular weight excluding hydrogens is 296 g/mol. The number of hydrogen-bond donors (Lipinski definition) is 2. The Morgan fingerprint density at radius 3 is 2.91 bits per heavy atom. The van der Waals surface area contributed by atoms with Gasteiger partial charge in [-0.25, -0.2) is 0 Å². The van der Waals surface area contributed by atoms with Crippen LogP contribution in [0.15, 0.2) is 30.0 Å². The van der Waals surface area contributed by atoms with Crippen molar-refractivity contribution < 1.29 is 14.3 Å². The van der Waals surface area contributed by atoms with E-state index < -0.39 is 0 Å². The predicted molar refractivity (Wildman–Crippen MR) is 82.6 cm³/mol. The number of piperazine rings is 1. The third-order valence-electron chi connectivity index (χ3n) is 3.72. The number of nitriles is 1. The molecule has 23 heavy (non-hydrogen) atoms. The zero-order valence-corrected chi connectivity index (χ0v) is 12.7. The summed E-state index contributed by atoms with van der Waals surface area (Å²) < 4.78 is 10.6. The molecule has 3 rings (SSSR count). The number of ether oxygens (including phenoxy) is 2. The maximum absolute atomic E-state index is 12.2. The van der Waals surface area contributed by atoms with Gasteiger partial charge in [-0.3, -0.25) is 4.79 Å². The van der Waals surface area contributed by atoms with Gasteiger partial charge in [-0.1, -0.05) is 6.07 Å². The molecular formula is C16H18N4O3. The first kappa shape index (κ1) is 15.2. The van der Waals surface area contributed by atoms with Crippen molar-refractivity contribution in [2.24, 2.45) is 0 Å². The molecule has 2 aliphatic heterocycles. The standard InChI is InChI=1S/C16H18N4O3/c17-8-13(10-20-5-3-18-4-6-20)16(21)19-9-12-1-2-14-15(7-12)23-11-22-14/h1-2,7,10,18H,3-6,9,11H2,(H,19,21)/b13-10-. The van der Waals surface area contributed by atoms with Crippen LogP contribution in [0.25, 0.3) is 0 Å². The quantitative estimate of drug-likeness (QED) is 0.616. The van der Waals surface area contributed by atoms with Crippen molar-refractivity contribution in [3.63, 3.8) is 0 Å². The number of benzene rings is 1. The Morgan fingerprint density at radius 1 is 1.35 bits per heavy atom. The summed E-state index contributed by atoms with van der Waals surface area (Å²) in [6, 6.07) is 7.47. The van der Waals surface area contributed by atoms with Crippen LogP contribution in [0.5, 0.6) is 11.5 Å². The van der Waals surface area contributed by atoms with Gasteiger partial charge < -0.3 is 25.0 Å². The Balaban J connectivity index is 1.59. The van der Waals surface area contributed by atoms with Gasteiger partial charge in [-0.2, -0.15) is 5.26 Å². The predicted octanol–water partition coefficient (Wildman–Crippen LogP) is 0.344. The topological polar surface area (TPSA) is 86.6 Å². The van der Waals surface area contributed by atoms with Crippen LogP contribution in [0.1, 0.15) is 5.56 Å². The van der Waals surface area contributed by atoms with E-state index in [4.69, 9.17) is 9.47 Å². The van der Waals surface area contributed by atoms with Crippen LogP contribution in [0.2, 0.25) is 0 Å². The molecule has 0 radical (unpaired) electrons. The molecule has 2 aliphatic rings. The van der Waals surface area contributed by atoms with Crippen LogP contribution in [-0.2, 0) is 11.3 Å². The minimum atomic E-state index is -0.372. The fourth-order valence-electron chi connectivity index (χ4n) is 2.46. The fraction of sp³-hybridized carbons (Fsp3) is 0.375. The summed E-state index contributed by atoms with van der Waals surface area (Å²) in [7, 11) is 0. The largest absolute Gasteiger partial charge is 0.454 e. The Morgan fingerprint density at radius 2 is 2.13 bits per heavy atom. The first-order valence-electron chi connectivity index (χ1n) is 7.49. The lowest BCUT2D eigenvalue weighted by atomic mass is 10.2. The maximum Gasteiger partial charge on any atom is 0.263 e. The Hall–Kier alpha value is -2.72. The lowest BCUT2D eigenvalue weighted by molar-refractivity contribution is -0.117. The molecule has 1 aromatic carbocycles. The second kappa shape index (κ2) is 7.03. The van der Waals surface area contributed by atoms with E-state index >= 15 is 0 Å². The number of carbonyl (C=O) groups is 1. The molecule has 7 nitrogen and oxygen atoms in total. The van der Waals surface area contributed by atoms with E-state index in [1.165, 1.54) is 0 Å². The monoisotopic (exact) mass is 314 g/mol. The van der Waals surface area contributed by atoms with Crippen LogP contribution in [0, 0.1) is 11.3 Å². The van der Waals surface area contributed by atoms with E-state index in [2.05, 4.69) is 10.6 Å². The molecule has 0 aliphatic carbocycles. The Bertz CT molecular complexity index is 660. The zero-order chi connectivity index (χ0) is 16.1. The minimum absolute atomic E-state index is 0.118. The minimum Gasteiger partial charge on any atom is -0.454 e. The van der Waals surface area contributed by atoms with Crippen LogP contribution in [0.4, 0.5) is 0 Å². The number of carbonyl (C=O) groups excluding carboxylic acids is 1. The van der Waals surface area contributed by atoms with Crippen molar-refractivity contribution in [1.29, 1.82) is 5.26 Å². The van der Waals surface area contributed by atoms with Crippen LogP contribution < -0.4 is 20.1 Å². The molecule has 120 valence electrons. The molecule has 0 atom stereocenters. The van der Waals surface area contributed by atoms with Gasteiger partial charge >= 0.3 is 0 Å². The number of nitrogens with zero attached hydrogens (tertiary/aromatic N) is 2. The highest BCUT2D eigenvalue weighted by molar-refractivity contribution is 5.97.